The van der Waals surface area contributed by atoms with Crippen LogP contribution < -0.4 is 4.72 Å². The molecule has 8 nitrogen and oxygen atoms in total. The third-order valence-electron chi connectivity index (χ3n) is 5.02. The molecule has 0 aliphatic carbocycles. The number of aromatic nitrogens is 2. The van der Waals surface area contributed by atoms with Gasteiger partial charge in [0.25, 0.3) is 10.0 Å². The zero-order valence-electron chi connectivity index (χ0n) is 17.5. The maximum atomic E-state index is 12.1. The van der Waals surface area contributed by atoms with Gasteiger partial charge in [-0.2, -0.15) is 5.10 Å². The molecule has 1 aliphatic rings. The van der Waals surface area contributed by atoms with Gasteiger partial charge in [-0.25, -0.2) is 13.1 Å². The number of rotatable bonds is 9. The number of para-hydroxylation sites is 1. The quantitative estimate of drug-likeness (QED) is 0.397. The molecule has 0 bridgehead atoms. The Labute approximate surface area is 187 Å². The molecule has 4 rings (SSSR count). The minimum absolute atomic E-state index is 0.145. The first-order valence-corrected chi connectivity index (χ1v) is 11.9. The molecular formula is C23H24N4O4S. The maximum Gasteiger partial charge on any atom is 0.306 e. The van der Waals surface area contributed by atoms with Crippen LogP contribution in [0.3, 0.4) is 0 Å². The van der Waals surface area contributed by atoms with E-state index in [0.29, 0.717) is 36.5 Å². The summed E-state index contributed by atoms with van der Waals surface area (Å²) in [5.41, 5.74) is 2.24. The Hall–Kier alpha value is -3.46. The van der Waals surface area contributed by atoms with Gasteiger partial charge in [0.05, 0.1) is 10.6 Å². The summed E-state index contributed by atoms with van der Waals surface area (Å²) < 4.78 is 33.7. The first-order valence-electron chi connectivity index (χ1n) is 10.5. The lowest BCUT2D eigenvalue weighted by molar-refractivity contribution is -0.145. The van der Waals surface area contributed by atoms with Crippen molar-refractivity contribution in [3.05, 3.63) is 78.1 Å². The number of benzene rings is 2. The third-order valence-corrected chi connectivity index (χ3v) is 6.41. The fraction of sp³-hybridized carbons (Fsp3) is 0.261. The molecule has 166 valence electrons. The molecule has 0 fully saturated rings. The van der Waals surface area contributed by atoms with Crippen molar-refractivity contribution in [3.63, 3.8) is 0 Å². The van der Waals surface area contributed by atoms with E-state index in [-0.39, 0.29) is 17.5 Å². The molecule has 0 atom stereocenters. The number of carbonyl (C=O) groups excluding carboxylic acids is 1. The van der Waals surface area contributed by atoms with Crippen molar-refractivity contribution >= 4 is 21.8 Å². The molecule has 0 spiro atoms. The van der Waals surface area contributed by atoms with Crippen molar-refractivity contribution < 1.29 is 17.9 Å². The Kier molecular flexibility index (Phi) is 6.65. The summed E-state index contributed by atoms with van der Waals surface area (Å²) >= 11 is 0. The van der Waals surface area contributed by atoms with Crippen molar-refractivity contribution in [1.29, 1.82) is 0 Å². The molecule has 0 amide bonds. The summed E-state index contributed by atoms with van der Waals surface area (Å²) in [6.45, 7) is 0.629. The molecule has 9 heteroatoms. The lowest BCUT2D eigenvalue weighted by Crippen LogP contribution is -2.22. The van der Waals surface area contributed by atoms with Gasteiger partial charge in [-0.1, -0.05) is 36.8 Å². The van der Waals surface area contributed by atoms with Gasteiger partial charge >= 0.3 is 5.97 Å². The molecule has 2 aromatic carbocycles. The number of sulfonamides is 1. The SMILES string of the molecule is O=C(CCCCCN=C1NS(=O)(=O)c2ccccc21)OCc1ccn(-c2ccccc2)n1. The zero-order chi connectivity index (χ0) is 22.4. The normalized spacial score (nSPS) is 15.3. The van der Waals surface area contributed by atoms with Crippen LogP contribution in [-0.2, 0) is 26.2 Å². The van der Waals surface area contributed by atoms with E-state index in [1.807, 2.05) is 42.6 Å². The van der Waals surface area contributed by atoms with Crippen molar-refractivity contribution in [2.75, 3.05) is 6.54 Å². The lowest BCUT2D eigenvalue weighted by atomic mass is 10.2. The summed E-state index contributed by atoms with van der Waals surface area (Å²) in [5.74, 6) is 0.123. The Morgan fingerprint density at radius 2 is 1.78 bits per heavy atom. The Balaban J connectivity index is 1.15. The van der Waals surface area contributed by atoms with Crippen LogP contribution in [0.4, 0.5) is 0 Å². The molecular weight excluding hydrogens is 428 g/mol. The highest BCUT2D eigenvalue weighted by atomic mass is 32.2. The van der Waals surface area contributed by atoms with Gasteiger partial charge in [0.15, 0.2) is 0 Å². The van der Waals surface area contributed by atoms with Crippen LogP contribution in [0.2, 0.25) is 0 Å². The number of carbonyl (C=O) groups is 1. The molecule has 2 heterocycles. The van der Waals surface area contributed by atoms with Crippen molar-refractivity contribution in [2.24, 2.45) is 4.99 Å². The number of unbranched alkanes of at least 4 members (excludes halogenated alkanes) is 2. The fourth-order valence-electron chi connectivity index (χ4n) is 3.39. The number of amidine groups is 1. The van der Waals surface area contributed by atoms with E-state index in [2.05, 4.69) is 14.8 Å². The molecule has 1 aliphatic heterocycles. The first kappa shape index (κ1) is 21.8. The van der Waals surface area contributed by atoms with E-state index < -0.39 is 10.0 Å². The van der Waals surface area contributed by atoms with Crippen LogP contribution in [0.25, 0.3) is 5.69 Å². The Morgan fingerprint density at radius 3 is 2.62 bits per heavy atom. The van der Waals surface area contributed by atoms with E-state index in [0.717, 1.165) is 18.5 Å². The monoisotopic (exact) mass is 452 g/mol. The van der Waals surface area contributed by atoms with Crippen LogP contribution in [0.15, 0.2) is 76.7 Å². The minimum atomic E-state index is -3.51. The van der Waals surface area contributed by atoms with Gasteiger partial charge in [0, 0.05) is 24.7 Å². The second-order valence-electron chi connectivity index (χ2n) is 7.39. The molecule has 3 aromatic rings. The number of ether oxygens (including phenoxy) is 1. The smallest absolute Gasteiger partial charge is 0.306 e. The third kappa shape index (κ3) is 5.23. The van der Waals surface area contributed by atoms with Gasteiger partial charge in [0.2, 0.25) is 0 Å². The fourth-order valence-corrected chi connectivity index (χ4v) is 4.64. The van der Waals surface area contributed by atoms with Crippen molar-refractivity contribution in [3.8, 4) is 5.69 Å². The number of nitrogens with one attached hydrogen (secondary N) is 1. The number of aliphatic imine (C=N–C) groups is 1. The summed E-state index contributed by atoms with van der Waals surface area (Å²) in [6, 6.07) is 18.3. The van der Waals surface area contributed by atoms with E-state index in [9.17, 15) is 13.2 Å². The average Bonchev–Trinajstić information content (AvgIpc) is 3.38. The lowest BCUT2D eigenvalue weighted by Gasteiger charge is -2.04. The number of nitrogens with zero attached hydrogens (tertiary/aromatic N) is 3. The van der Waals surface area contributed by atoms with Gasteiger partial charge < -0.3 is 4.74 Å². The second-order valence-corrected chi connectivity index (χ2v) is 9.04. The number of hydrogen-bond donors (Lipinski definition) is 1. The highest BCUT2D eigenvalue weighted by Gasteiger charge is 2.29. The maximum absolute atomic E-state index is 12.1. The second kappa shape index (κ2) is 9.78. The first-order chi connectivity index (χ1) is 15.5. The van der Waals surface area contributed by atoms with Gasteiger partial charge in [0.1, 0.15) is 18.1 Å². The van der Waals surface area contributed by atoms with Crippen LogP contribution in [0.1, 0.15) is 36.9 Å². The van der Waals surface area contributed by atoms with Crippen LogP contribution in [0, 0.1) is 0 Å². The predicted octanol–water partition coefficient (Wildman–Crippen LogP) is 3.21. The zero-order valence-corrected chi connectivity index (χ0v) is 18.3. The standard InChI is InChI=1S/C23H24N4O4S/c28-22(31-17-18-14-16-27(25-18)19-9-3-1-4-10-19)13-5-2-8-15-24-23-20-11-6-7-12-21(20)32(29,30)26-23/h1,3-4,6-7,9-12,14,16H,2,5,8,13,15,17H2,(H,24,26). The van der Waals surface area contributed by atoms with Gasteiger partial charge in [-0.15, -0.1) is 0 Å². The van der Waals surface area contributed by atoms with Crippen molar-refractivity contribution in [1.82, 2.24) is 14.5 Å². The summed E-state index contributed by atoms with van der Waals surface area (Å²) in [6.07, 6.45) is 4.39. The summed E-state index contributed by atoms with van der Waals surface area (Å²) in [5, 5.41) is 4.41. The Bertz CT molecular complexity index is 1220. The highest BCUT2D eigenvalue weighted by molar-refractivity contribution is 7.90. The van der Waals surface area contributed by atoms with Crippen LogP contribution >= 0.6 is 0 Å². The summed E-state index contributed by atoms with van der Waals surface area (Å²) in [7, 11) is -3.51. The van der Waals surface area contributed by atoms with E-state index >= 15 is 0 Å². The van der Waals surface area contributed by atoms with Crippen molar-refractivity contribution in [2.45, 2.75) is 37.2 Å². The molecule has 0 unspecified atom stereocenters. The molecule has 1 aromatic heterocycles. The van der Waals surface area contributed by atoms with E-state index in [1.54, 1.807) is 28.9 Å². The number of esters is 1. The van der Waals surface area contributed by atoms with Gasteiger partial charge in [-0.05, 0) is 43.2 Å². The van der Waals surface area contributed by atoms with Crippen LogP contribution in [0.5, 0.6) is 0 Å². The van der Waals surface area contributed by atoms with E-state index in [1.165, 1.54) is 0 Å². The number of hydrogen-bond acceptors (Lipinski definition) is 6. The predicted molar refractivity (Wildman–Crippen MR) is 120 cm³/mol. The topological polar surface area (TPSA) is 103 Å². The largest absolute Gasteiger partial charge is 0.459 e. The molecule has 0 radical (unpaired) electrons. The summed E-state index contributed by atoms with van der Waals surface area (Å²) in [4.78, 5) is 16.6. The minimum Gasteiger partial charge on any atom is -0.459 e. The Morgan fingerprint density at radius 1 is 1.00 bits per heavy atom. The molecule has 1 N–H and O–H groups in total. The molecule has 0 saturated carbocycles. The average molecular weight is 453 g/mol. The van der Waals surface area contributed by atoms with Gasteiger partial charge in [-0.3, -0.25) is 14.5 Å². The van der Waals surface area contributed by atoms with Crippen LogP contribution in [-0.4, -0.2) is 36.5 Å². The van der Waals surface area contributed by atoms with E-state index in [4.69, 9.17) is 4.74 Å². The molecule has 0 saturated heterocycles. The molecule has 32 heavy (non-hydrogen) atoms. The number of fused-ring (bicyclic) bond motifs is 1. The highest BCUT2D eigenvalue weighted by Crippen LogP contribution is 2.22.